The first kappa shape index (κ1) is 40.0. The molecule has 3 heterocycles. The summed E-state index contributed by atoms with van der Waals surface area (Å²) in [5, 5.41) is 5.59. The maximum atomic E-state index is 14.6. The Morgan fingerprint density at radius 2 is 1.85 bits per heavy atom. The summed E-state index contributed by atoms with van der Waals surface area (Å²) in [6, 6.07) is 7.12. The van der Waals surface area contributed by atoms with Gasteiger partial charge in [0.05, 0.1) is 23.1 Å². The molecule has 13 nitrogen and oxygen atoms in total. The minimum Gasteiger partial charge on any atom is -0.459 e. The van der Waals surface area contributed by atoms with Gasteiger partial charge in [0.1, 0.15) is 29.5 Å². The van der Waals surface area contributed by atoms with Gasteiger partial charge >= 0.3 is 16.4 Å². The average Bonchev–Trinajstić information content (AvgIpc) is 3.43. The predicted octanol–water partition coefficient (Wildman–Crippen LogP) is 4.92. The summed E-state index contributed by atoms with van der Waals surface area (Å²) >= 11 is 0. The smallest absolute Gasteiger partial charge is 0.416 e. The summed E-state index contributed by atoms with van der Waals surface area (Å²) in [6.45, 7) is 3.76. The lowest BCUT2D eigenvalue weighted by Crippen LogP contribution is -2.58. The Morgan fingerprint density at radius 3 is 2.56 bits per heavy atom. The number of rotatable bonds is 8. The van der Waals surface area contributed by atoms with E-state index < -0.39 is 75.1 Å². The molecule has 3 aromatic rings. The van der Waals surface area contributed by atoms with Crippen molar-refractivity contribution in [3.8, 4) is 6.01 Å². The van der Waals surface area contributed by atoms with Crippen LogP contribution >= 0.6 is 0 Å². The minimum atomic E-state index is -4.85. The Morgan fingerprint density at radius 1 is 1.11 bits per heavy atom. The second-order valence-electron chi connectivity index (χ2n) is 14.8. The Kier molecular flexibility index (Phi) is 11.2. The molecule has 3 N–H and O–H groups in total. The first-order valence-electron chi connectivity index (χ1n) is 18.2. The standard InChI is InChI=1S/C37H45F4N7O6S/c1-22(2)48-30-15-11-10-13-28(30)43-35(48)54-27-19-31-32(49)44-36(34(51)45-55(52,53)46(3)4)20-23(36)12-8-6-5-7-9-14-29(33(50)47(31)21-27)42-26-17-24(37(39,40)41)16-25(38)18-26/h8,10-13,15-18,22-23,27,29,31,42H,5-7,9,14,19-21H2,1-4H3,(H,44,49)(H,45,51)/b12-8-/t23-,27+,29-,31-,36+/m0/s1. The van der Waals surface area contributed by atoms with Crippen molar-refractivity contribution < 1.29 is 45.1 Å². The first-order valence-corrected chi connectivity index (χ1v) is 19.7. The monoisotopic (exact) mass is 791 g/mol. The molecule has 298 valence electrons. The van der Waals surface area contributed by atoms with E-state index in [1.807, 2.05) is 53.5 Å². The van der Waals surface area contributed by atoms with Crippen LogP contribution in [0.1, 0.15) is 70.4 Å². The second-order valence-corrected chi connectivity index (χ2v) is 16.7. The van der Waals surface area contributed by atoms with Crippen molar-refractivity contribution in [1.29, 1.82) is 0 Å². The SMILES string of the molecule is CC(C)n1c(O[C@@H]2C[C@H]3C(=O)N[C@]4(C(=O)NS(=O)(=O)N(C)C)C[C@@H]4/C=C\CCCCC[C@H](Nc4cc(F)cc(C(F)(F)F)c4)C(=O)N3C2)nc2ccccc21. The van der Waals surface area contributed by atoms with Crippen LogP contribution in [0.15, 0.2) is 54.6 Å². The van der Waals surface area contributed by atoms with Gasteiger partial charge in [0.15, 0.2) is 0 Å². The van der Waals surface area contributed by atoms with Gasteiger partial charge in [-0.1, -0.05) is 37.1 Å². The molecule has 2 aromatic carbocycles. The average molecular weight is 792 g/mol. The molecule has 0 radical (unpaired) electrons. The first-order chi connectivity index (χ1) is 25.9. The topological polar surface area (TPSA) is 155 Å². The van der Waals surface area contributed by atoms with Gasteiger partial charge in [-0.15, -0.1) is 0 Å². The van der Waals surface area contributed by atoms with Gasteiger partial charge in [0.2, 0.25) is 11.8 Å². The van der Waals surface area contributed by atoms with E-state index in [1.54, 1.807) is 6.08 Å². The third-order valence-electron chi connectivity index (χ3n) is 10.3. The highest BCUT2D eigenvalue weighted by Gasteiger charge is 2.61. The van der Waals surface area contributed by atoms with Crippen LogP contribution in [0.3, 0.4) is 0 Å². The number of anilines is 1. The predicted molar refractivity (Wildman–Crippen MR) is 195 cm³/mol. The molecule has 6 rings (SSSR count). The van der Waals surface area contributed by atoms with E-state index in [2.05, 4.69) is 15.6 Å². The van der Waals surface area contributed by atoms with Gasteiger partial charge in [-0.2, -0.15) is 30.9 Å². The molecular weight excluding hydrogens is 747 g/mol. The number of para-hydroxylation sites is 2. The molecule has 1 saturated carbocycles. The summed E-state index contributed by atoms with van der Waals surface area (Å²) in [5.74, 6) is -4.01. The Hall–Kier alpha value is -4.71. The highest BCUT2D eigenvalue weighted by Crippen LogP contribution is 2.46. The number of nitrogens with zero attached hydrogens (tertiary/aromatic N) is 4. The fraction of sp³-hybridized carbons (Fsp3) is 0.514. The number of halogens is 4. The van der Waals surface area contributed by atoms with Crippen LogP contribution in [0.4, 0.5) is 23.2 Å². The number of fused-ring (bicyclic) bond motifs is 3. The molecule has 3 aliphatic rings. The van der Waals surface area contributed by atoms with E-state index in [0.29, 0.717) is 37.3 Å². The number of benzene rings is 2. The van der Waals surface area contributed by atoms with E-state index in [-0.39, 0.29) is 43.5 Å². The molecule has 1 aromatic heterocycles. The number of hydrogen-bond acceptors (Lipinski definition) is 8. The van der Waals surface area contributed by atoms with Gasteiger partial charge in [-0.25, -0.2) is 9.11 Å². The van der Waals surface area contributed by atoms with Gasteiger partial charge in [-0.3, -0.25) is 19.0 Å². The number of ether oxygens (including phenoxy) is 1. The van der Waals surface area contributed by atoms with Gasteiger partial charge in [0, 0.05) is 38.2 Å². The Labute approximate surface area is 316 Å². The highest BCUT2D eigenvalue weighted by molar-refractivity contribution is 7.87. The van der Waals surface area contributed by atoms with E-state index in [1.165, 1.54) is 19.0 Å². The number of imidazole rings is 1. The fourth-order valence-electron chi connectivity index (χ4n) is 7.26. The lowest BCUT2D eigenvalue weighted by atomic mass is 10.0. The van der Waals surface area contributed by atoms with Crippen molar-refractivity contribution in [2.24, 2.45) is 5.92 Å². The third kappa shape index (κ3) is 8.59. The Balaban J connectivity index is 1.36. The number of allylic oxidation sites excluding steroid dienone is 1. The number of hydrogen-bond donors (Lipinski definition) is 3. The number of alkyl halides is 3. The summed E-state index contributed by atoms with van der Waals surface area (Å²) < 4.78 is 92.0. The Bertz CT molecular complexity index is 2090. The summed E-state index contributed by atoms with van der Waals surface area (Å²) in [5.41, 5.74) is -1.66. The molecule has 18 heteroatoms. The zero-order valence-corrected chi connectivity index (χ0v) is 31.7. The van der Waals surface area contributed by atoms with Crippen molar-refractivity contribution in [3.05, 3.63) is 66.0 Å². The molecule has 0 bridgehead atoms. The zero-order valence-electron chi connectivity index (χ0n) is 30.9. The van der Waals surface area contributed by atoms with Gasteiger partial charge < -0.3 is 20.3 Å². The van der Waals surface area contributed by atoms with Crippen LogP contribution in [0.2, 0.25) is 0 Å². The van der Waals surface area contributed by atoms with Crippen molar-refractivity contribution in [2.75, 3.05) is 26.0 Å². The largest absolute Gasteiger partial charge is 0.459 e. The lowest BCUT2D eigenvalue weighted by molar-refractivity contribution is -0.140. The lowest BCUT2D eigenvalue weighted by Gasteiger charge is -2.30. The molecule has 1 aliphatic carbocycles. The fourth-order valence-corrected chi connectivity index (χ4v) is 7.86. The van der Waals surface area contributed by atoms with Crippen LogP contribution in [0.25, 0.3) is 11.0 Å². The van der Waals surface area contributed by atoms with Crippen LogP contribution in [0, 0.1) is 11.7 Å². The van der Waals surface area contributed by atoms with Crippen LogP contribution in [-0.4, -0.2) is 89.3 Å². The van der Waals surface area contributed by atoms with Gasteiger partial charge in [-0.05, 0) is 69.9 Å². The number of nitrogens with one attached hydrogen (secondary N) is 3. The number of aromatic nitrogens is 2. The molecule has 1 saturated heterocycles. The quantitative estimate of drug-likeness (QED) is 0.215. The zero-order chi connectivity index (χ0) is 39.9. The molecular formula is C37H45F4N7O6S. The normalized spacial score (nSPS) is 25.8. The minimum absolute atomic E-state index is 0.0576. The van der Waals surface area contributed by atoms with Gasteiger partial charge in [0.25, 0.3) is 11.9 Å². The number of amides is 3. The summed E-state index contributed by atoms with van der Waals surface area (Å²) in [4.78, 5) is 48.5. The van der Waals surface area contributed by atoms with E-state index >= 15 is 0 Å². The van der Waals surface area contributed by atoms with Crippen LogP contribution < -0.4 is 20.1 Å². The van der Waals surface area contributed by atoms with Crippen LogP contribution in [0.5, 0.6) is 6.01 Å². The maximum Gasteiger partial charge on any atom is 0.416 e. The molecule has 0 unspecified atom stereocenters. The van der Waals surface area contributed by atoms with E-state index in [9.17, 15) is 40.4 Å². The number of carbonyl (C=O) groups is 3. The molecule has 5 atom stereocenters. The molecule has 0 spiro atoms. The maximum absolute atomic E-state index is 14.6. The second kappa shape index (κ2) is 15.4. The van der Waals surface area contributed by atoms with Crippen molar-refractivity contribution in [1.82, 2.24) is 28.8 Å². The molecule has 2 fully saturated rings. The number of carbonyl (C=O) groups excluding carboxylic acids is 3. The van der Waals surface area contributed by atoms with Crippen molar-refractivity contribution >= 4 is 44.7 Å². The van der Waals surface area contributed by atoms with Crippen LogP contribution in [-0.2, 0) is 30.8 Å². The van der Waals surface area contributed by atoms with E-state index in [4.69, 9.17) is 4.74 Å². The molecule has 3 amide bonds. The van der Waals surface area contributed by atoms with E-state index in [0.717, 1.165) is 22.0 Å². The molecule has 2 aliphatic heterocycles. The third-order valence-corrected chi connectivity index (χ3v) is 11.7. The van der Waals surface area contributed by atoms with Crippen molar-refractivity contribution in [3.63, 3.8) is 0 Å². The summed E-state index contributed by atoms with van der Waals surface area (Å²) in [7, 11) is -1.73. The van der Waals surface area contributed by atoms with Crippen molar-refractivity contribution in [2.45, 2.75) is 94.7 Å². The highest BCUT2D eigenvalue weighted by atomic mass is 32.2. The molecule has 55 heavy (non-hydrogen) atoms. The summed E-state index contributed by atoms with van der Waals surface area (Å²) in [6.07, 6.45) is 0.528.